The maximum absolute atomic E-state index is 13.0. The van der Waals surface area contributed by atoms with Crippen molar-refractivity contribution in [3.63, 3.8) is 0 Å². The zero-order valence-corrected chi connectivity index (χ0v) is 21.5. The van der Waals surface area contributed by atoms with Gasteiger partial charge in [0.1, 0.15) is 5.75 Å². The number of piperazine rings is 1. The lowest BCUT2D eigenvalue weighted by molar-refractivity contribution is -0.129. The number of hydrogen-bond donors (Lipinski definition) is 1. The fraction of sp³-hybridized carbons (Fsp3) is 0.333. The summed E-state index contributed by atoms with van der Waals surface area (Å²) in [5, 5.41) is 10.0. The van der Waals surface area contributed by atoms with Gasteiger partial charge in [-0.25, -0.2) is 9.97 Å². The third-order valence-electron chi connectivity index (χ3n) is 6.99. The van der Waals surface area contributed by atoms with Crippen molar-refractivity contribution >= 4 is 22.8 Å². The molecule has 0 atom stereocenters. The van der Waals surface area contributed by atoms with Crippen LogP contribution in [0.2, 0.25) is 0 Å². The summed E-state index contributed by atoms with van der Waals surface area (Å²) < 4.78 is 33.9. The quantitative estimate of drug-likeness (QED) is 0.386. The van der Waals surface area contributed by atoms with Crippen LogP contribution in [0.3, 0.4) is 0 Å². The SMILES string of the molecule is CC(=O)N1CCN(c2ncc(-c3ccc4c(=O)n(C)n(Cc5cc(CO)ccc5OC(F)F)c4c3)cn2)CC1. The van der Waals surface area contributed by atoms with E-state index in [0.29, 0.717) is 54.2 Å². The molecule has 1 saturated heterocycles. The molecular weight excluding hydrogens is 510 g/mol. The summed E-state index contributed by atoms with van der Waals surface area (Å²) >= 11 is 0. The smallest absolute Gasteiger partial charge is 0.387 e. The maximum atomic E-state index is 13.0. The molecule has 39 heavy (non-hydrogen) atoms. The van der Waals surface area contributed by atoms with Gasteiger partial charge in [0.15, 0.2) is 0 Å². The first-order chi connectivity index (χ1) is 18.7. The number of hydrogen-bond acceptors (Lipinski definition) is 7. The molecule has 2 aromatic heterocycles. The van der Waals surface area contributed by atoms with Crippen LogP contribution >= 0.6 is 0 Å². The minimum atomic E-state index is -3.01. The van der Waals surface area contributed by atoms with E-state index in [4.69, 9.17) is 4.74 Å². The van der Waals surface area contributed by atoms with Crippen molar-refractivity contribution in [2.24, 2.45) is 7.05 Å². The zero-order chi connectivity index (χ0) is 27.7. The highest BCUT2D eigenvalue weighted by Gasteiger charge is 2.21. The van der Waals surface area contributed by atoms with Gasteiger partial charge < -0.3 is 19.6 Å². The van der Waals surface area contributed by atoms with E-state index in [2.05, 4.69) is 9.97 Å². The Morgan fingerprint density at radius 2 is 1.77 bits per heavy atom. The Kier molecular flexibility index (Phi) is 7.29. The molecule has 0 saturated carbocycles. The number of nitrogens with zero attached hydrogens (tertiary/aromatic N) is 6. The van der Waals surface area contributed by atoms with E-state index in [9.17, 15) is 23.5 Å². The lowest BCUT2D eigenvalue weighted by Crippen LogP contribution is -2.48. The second-order valence-electron chi connectivity index (χ2n) is 9.36. The zero-order valence-electron chi connectivity index (χ0n) is 21.5. The number of rotatable bonds is 7. The first kappa shape index (κ1) is 26.3. The van der Waals surface area contributed by atoms with Gasteiger partial charge in [0.2, 0.25) is 11.9 Å². The van der Waals surface area contributed by atoms with Crippen molar-refractivity contribution in [3.05, 3.63) is 70.3 Å². The molecular formula is C27H28F2N6O4. The Balaban J connectivity index is 1.46. The minimum Gasteiger partial charge on any atom is -0.434 e. The van der Waals surface area contributed by atoms with E-state index < -0.39 is 6.61 Å². The molecule has 204 valence electrons. The van der Waals surface area contributed by atoms with Crippen molar-refractivity contribution in [1.82, 2.24) is 24.2 Å². The fourth-order valence-electron chi connectivity index (χ4n) is 4.82. The molecule has 0 aliphatic carbocycles. The summed E-state index contributed by atoms with van der Waals surface area (Å²) in [5.41, 5.74) is 2.83. The van der Waals surface area contributed by atoms with Gasteiger partial charge in [0.05, 0.1) is 24.1 Å². The second kappa shape index (κ2) is 10.8. The minimum absolute atomic E-state index is 0.0271. The molecule has 3 heterocycles. The highest BCUT2D eigenvalue weighted by Crippen LogP contribution is 2.27. The maximum Gasteiger partial charge on any atom is 0.387 e. The number of aliphatic hydroxyl groups is 1. The molecule has 0 bridgehead atoms. The number of carbonyl (C=O) groups is 1. The molecule has 4 aromatic rings. The molecule has 1 aliphatic rings. The van der Waals surface area contributed by atoms with Gasteiger partial charge in [0, 0.05) is 63.7 Å². The largest absolute Gasteiger partial charge is 0.434 e. The number of alkyl halides is 2. The third kappa shape index (κ3) is 5.32. The van der Waals surface area contributed by atoms with Gasteiger partial charge in [-0.15, -0.1) is 0 Å². The van der Waals surface area contributed by atoms with Crippen LogP contribution in [-0.4, -0.2) is 68.0 Å². The molecule has 0 spiro atoms. The van der Waals surface area contributed by atoms with Crippen molar-refractivity contribution in [2.75, 3.05) is 31.1 Å². The molecule has 1 N–H and O–H groups in total. The lowest BCUT2D eigenvalue weighted by atomic mass is 10.1. The van der Waals surface area contributed by atoms with Crippen LogP contribution in [0, 0.1) is 0 Å². The molecule has 1 fully saturated rings. The van der Waals surface area contributed by atoms with Crippen LogP contribution in [0.15, 0.2) is 53.6 Å². The lowest BCUT2D eigenvalue weighted by Gasteiger charge is -2.34. The molecule has 1 amide bonds. The van der Waals surface area contributed by atoms with E-state index in [-0.39, 0.29) is 30.4 Å². The van der Waals surface area contributed by atoms with Crippen molar-refractivity contribution in [3.8, 4) is 16.9 Å². The first-order valence-electron chi connectivity index (χ1n) is 12.4. The van der Waals surface area contributed by atoms with Gasteiger partial charge in [-0.05, 0) is 35.4 Å². The predicted molar refractivity (Wildman–Crippen MR) is 141 cm³/mol. The summed E-state index contributed by atoms with van der Waals surface area (Å²) in [6.45, 7) is 0.887. The molecule has 10 nitrogen and oxygen atoms in total. The van der Waals surface area contributed by atoms with Gasteiger partial charge in [0.25, 0.3) is 5.56 Å². The molecule has 1 aliphatic heterocycles. The number of halogens is 2. The highest BCUT2D eigenvalue weighted by molar-refractivity contribution is 5.84. The van der Waals surface area contributed by atoms with Crippen LogP contribution in [0.5, 0.6) is 5.75 Å². The molecule has 0 unspecified atom stereocenters. The molecule has 5 rings (SSSR count). The summed E-state index contributed by atoms with van der Waals surface area (Å²) in [6, 6.07) is 9.86. The number of aromatic nitrogens is 4. The van der Waals surface area contributed by atoms with Crippen LogP contribution in [0.1, 0.15) is 18.1 Å². The first-order valence-corrected chi connectivity index (χ1v) is 12.4. The Morgan fingerprint density at radius 3 is 2.41 bits per heavy atom. The van der Waals surface area contributed by atoms with E-state index in [1.54, 1.807) is 48.1 Å². The van der Waals surface area contributed by atoms with Crippen molar-refractivity contribution < 1.29 is 23.4 Å². The number of carbonyl (C=O) groups excluding carboxylic acids is 1. The number of aliphatic hydroxyl groups excluding tert-OH is 1. The van der Waals surface area contributed by atoms with E-state index >= 15 is 0 Å². The monoisotopic (exact) mass is 538 g/mol. The fourth-order valence-corrected chi connectivity index (χ4v) is 4.82. The standard InChI is InChI=1S/C27H28F2N6O4/c1-17(37)33-7-9-34(10-8-33)27-30-13-21(14-31-27)19-4-5-22-23(12-19)35(32(2)25(22)38)15-20-11-18(16-36)3-6-24(20)39-26(28)29/h3-6,11-14,26,36H,7-10,15-16H2,1-2H3. The van der Waals surface area contributed by atoms with Crippen LogP contribution in [-0.2, 0) is 25.0 Å². The summed E-state index contributed by atoms with van der Waals surface area (Å²) in [5.74, 6) is 0.607. The Labute approximate surface area is 222 Å². The normalized spacial score (nSPS) is 13.9. The number of anilines is 1. The Hall–Kier alpha value is -4.32. The van der Waals surface area contributed by atoms with Gasteiger partial charge >= 0.3 is 6.61 Å². The van der Waals surface area contributed by atoms with Crippen LogP contribution in [0.4, 0.5) is 14.7 Å². The number of fused-ring (bicyclic) bond motifs is 1. The van der Waals surface area contributed by atoms with E-state index in [1.165, 1.54) is 16.8 Å². The summed E-state index contributed by atoms with van der Waals surface area (Å²) in [4.78, 5) is 37.4. The average Bonchev–Trinajstić information content (AvgIpc) is 3.18. The second-order valence-corrected chi connectivity index (χ2v) is 9.36. The number of amides is 1. The predicted octanol–water partition coefficient (Wildman–Crippen LogP) is 2.61. The topological polar surface area (TPSA) is 106 Å². The molecule has 0 radical (unpaired) electrons. The Bertz CT molecular complexity index is 1560. The van der Waals surface area contributed by atoms with E-state index in [1.807, 2.05) is 17.0 Å². The summed E-state index contributed by atoms with van der Waals surface area (Å²) in [6.07, 6.45) is 3.43. The molecule has 12 heteroatoms. The van der Waals surface area contributed by atoms with Gasteiger partial charge in [-0.3, -0.25) is 19.0 Å². The van der Waals surface area contributed by atoms with Crippen LogP contribution < -0.4 is 15.2 Å². The molecule has 2 aromatic carbocycles. The van der Waals surface area contributed by atoms with Gasteiger partial charge in [-0.1, -0.05) is 12.1 Å². The Morgan fingerprint density at radius 1 is 1.05 bits per heavy atom. The highest BCUT2D eigenvalue weighted by atomic mass is 19.3. The van der Waals surface area contributed by atoms with Crippen LogP contribution in [0.25, 0.3) is 22.0 Å². The van der Waals surface area contributed by atoms with Crippen molar-refractivity contribution in [2.45, 2.75) is 26.7 Å². The average molecular weight is 539 g/mol. The third-order valence-corrected chi connectivity index (χ3v) is 6.99. The summed E-state index contributed by atoms with van der Waals surface area (Å²) in [7, 11) is 1.61. The van der Waals surface area contributed by atoms with Gasteiger partial charge in [-0.2, -0.15) is 8.78 Å². The van der Waals surface area contributed by atoms with E-state index in [0.717, 1.165) is 11.1 Å². The van der Waals surface area contributed by atoms with Crippen molar-refractivity contribution in [1.29, 1.82) is 0 Å². The number of ether oxygens (including phenoxy) is 1. The number of benzene rings is 2.